The topological polar surface area (TPSA) is 41.6 Å². The van der Waals surface area contributed by atoms with Gasteiger partial charge >= 0.3 is 0 Å². The van der Waals surface area contributed by atoms with Gasteiger partial charge in [0, 0.05) is 19.6 Å². The lowest BCUT2D eigenvalue weighted by molar-refractivity contribution is -0.137. The van der Waals surface area contributed by atoms with E-state index < -0.39 is 0 Å². The molecule has 1 aliphatic heterocycles. The molecule has 0 aliphatic carbocycles. The second-order valence-corrected chi connectivity index (χ2v) is 5.01. The molecule has 1 heterocycles. The van der Waals surface area contributed by atoms with Crippen LogP contribution in [0.4, 0.5) is 0 Å². The Hall–Kier alpha value is -0.610. The summed E-state index contributed by atoms with van der Waals surface area (Å²) in [7, 11) is 1.88. The first-order valence-electron chi connectivity index (χ1n) is 6.10. The number of ether oxygens (including phenoxy) is 1. The molecule has 1 saturated heterocycles. The number of carbonyl (C=O) groups is 1. The molecular weight excluding hydrogens is 204 g/mol. The Kier molecular flexibility index (Phi) is 5.22. The highest BCUT2D eigenvalue weighted by atomic mass is 16.5. The minimum absolute atomic E-state index is 0.146. The van der Waals surface area contributed by atoms with Crippen LogP contribution in [-0.2, 0) is 9.53 Å². The molecule has 1 fully saturated rings. The van der Waals surface area contributed by atoms with E-state index in [9.17, 15) is 4.79 Å². The van der Waals surface area contributed by atoms with Crippen LogP contribution < -0.4 is 5.32 Å². The summed E-state index contributed by atoms with van der Waals surface area (Å²) in [5, 5.41) is 3.19. The van der Waals surface area contributed by atoms with Gasteiger partial charge in [-0.25, -0.2) is 0 Å². The molecule has 1 rings (SSSR count). The highest BCUT2D eigenvalue weighted by molar-refractivity contribution is 5.82. The van der Waals surface area contributed by atoms with Gasteiger partial charge in [0.2, 0.25) is 5.91 Å². The maximum atomic E-state index is 12.1. The standard InChI is InChI=1S/C12H24N2O2/c1-9(2)7-10(3)14(4)12(15)11-8-16-6-5-13-11/h9-11,13H,5-8H2,1-4H3. The normalized spacial score (nSPS) is 23.2. The molecule has 16 heavy (non-hydrogen) atoms. The van der Waals surface area contributed by atoms with Crippen molar-refractivity contribution >= 4 is 5.91 Å². The highest BCUT2D eigenvalue weighted by Crippen LogP contribution is 2.11. The number of likely N-dealkylation sites (N-methyl/N-ethyl adjacent to an activating group) is 1. The van der Waals surface area contributed by atoms with Crippen LogP contribution in [0, 0.1) is 5.92 Å². The van der Waals surface area contributed by atoms with E-state index in [1.165, 1.54) is 0 Å². The van der Waals surface area contributed by atoms with E-state index in [0.29, 0.717) is 19.1 Å². The number of rotatable bonds is 4. The summed E-state index contributed by atoms with van der Waals surface area (Å²) in [5.74, 6) is 0.758. The van der Waals surface area contributed by atoms with Crippen molar-refractivity contribution in [3.8, 4) is 0 Å². The quantitative estimate of drug-likeness (QED) is 0.776. The van der Waals surface area contributed by atoms with E-state index in [4.69, 9.17) is 4.74 Å². The van der Waals surface area contributed by atoms with Crippen molar-refractivity contribution in [2.75, 3.05) is 26.8 Å². The molecule has 0 aromatic carbocycles. The lowest BCUT2D eigenvalue weighted by Gasteiger charge is -2.32. The number of morpholine rings is 1. The van der Waals surface area contributed by atoms with E-state index in [1.54, 1.807) is 0 Å². The first kappa shape index (κ1) is 13.5. The van der Waals surface area contributed by atoms with Crippen molar-refractivity contribution in [2.45, 2.75) is 39.3 Å². The lowest BCUT2D eigenvalue weighted by atomic mass is 10.0. The predicted molar refractivity (Wildman–Crippen MR) is 64.3 cm³/mol. The van der Waals surface area contributed by atoms with Crippen LogP contribution in [0.2, 0.25) is 0 Å². The Morgan fingerprint density at radius 1 is 1.50 bits per heavy atom. The Balaban J connectivity index is 2.45. The highest BCUT2D eigenvalue weighted by Gasteiger charge is 2.26. The van der Waals surface area contributed by atoms with Gasteiger partial charge in [-0.15, -0.1) is 0 Å². The predicted octanol–water partition coefficient (Wildman–Crippen LogP) is 0.868. The molecule has 2 atom stereocenters. The van der Waals surface area contributed by atoms with E-state index in [1.807, 2.05) is 11.9 Å². The van der Waals surface area contributed by atoms with Gasteiger partial charge in [-0.3, -0.25) is 4.79 Å². The van der Waals surface area contributed by atoms with Crippen LogP contribution in [0.1, 0.15) is 27.2 Å². The zero-order valence-electron chi connectivity index (χ0n) is 10.8. The van der Waals surface area contributed by atoms with Gasteiger partial charge in [-0.1, -0.05) is 13.8 Å². The molecule has 0 spiro atoms. The largest absolute Gasteiger partial charge is 0.378 e. The van der Waals surface area contributed by atoms with Crippen LogP contribution in [-0.4, -0.2) is 49.7 Å². The second kappa shape index (κ2) is 6.21. The third-order valence-electron chi connectivity index (χ3n) is 3.04. The van der Waals surface area contributed by atoms with E-state index in [0.717, 1.165) is 13.0 Å². The summed E-state index contributed by atoms with van der Waals surface area (Å²) in [4.78, 5) is 13.9. The maximum Gasteiger partial charge on any atom is 0.242 e. The van der Waals surface area contributed by atoms with Crippen molar-refractivity contribution in [2.24, 2.45) is 5.92 Å². The average molecular weight is 228 g/mol. The molecule has 1 amide bonds. The molecule has 4 nitrogen and oxygen atoms in total. The van der Waals surface area contributed by atoms with Gasteiger partial charge in [0.1, 0.15) is 6.04 Å². The monoisotopic (exact) mass is 228 g/mol. The fourth-order valence-electron chi connectivity index (χ4n) is 2.03. The molecule has 0 aromatic heterocycles. The number of carbonyl (C=O) groups excluding carboxylic acids is 1. The SMILES string of the molecule is CC(C)CC(C)N(C)C(=O)C1COCCN1. The summed E-state index contributed by atoms with van der Waals surface area (Å²) < 4.78 is 5.30. The minimum Gasteiger partial charge on any atom is -0.378 e. The molecule has 0 radical (unpaired) electrons. The third-order valence-corrected chi connectivity index (χ3v) is 3.04. The van der Waals surface area contributed by atoms with Gasteiger partial charge < -0.3 is 15.0 Å². The summed E-state index contributed by atoms with van der Waals surface area (Å²) >= 11 is 0. The average Bonchev–Trinajstić information content (AvgIpc) is 2.27. The smallest absolute Gasteiger partial charge is 0.242 e. The molecule has 94 valence electrons. The lowest BCUT2D eigenvalue weighted by Crippen LogP contribution is -2.53. The van der Waals surface area contributed by atoms with Crippen LogP contribution in [0.5, 0.6) is 0 Å². The van der Waals surface area contributed by atoms with Crippen molar-refractivity contribution < 1.29 is 9.53 Å². The molecule has 1 aliphatic rings. The van der Waals surface area contributed by atoms with E-state index >= 15 is 0 Å². The Morgan fingerprint density at radius 2 is 2.19 bits per heavy atom. The number of nitrogens with one attached hydrogen (secondary N) is 1. The maximum absolute atomic E-state index is 12.1. The minimum atomic E-state index is -0.159. The molecule has 0 aromatic rings. The summed E-state index contributed by atoms with van der Waals surface area (Å²) in [6.45, 7) is 8.42. The van der Waals surface area contributed by atoms with Crippen molar-refractivity contribution in [3.63, 3.8) is 0 Å². The molecular formula is C12H24N2O2. The first-order valence-corrected chi connectivity index (χ1v) is 6.10. The first-order chi connectivity index (χ1) is 7.52. The Morgan fingerprint density at radius 3 is 2.69 bits per heavy atom. The zero-order chi connectivity index (χ0) is 12.1. The molecule has 4 heteroatoms. The second-order valence-electron chi connectivity index (χ2n) is 5.01. The van der Waals surface area contributed by atoms with Gasteiger partial charge in [0.05, 0.1) is 13.2 Å². The number of hydrogen-bond donors (Lipinski definition) is 1. The number of amides is 1. The van der Waals surface area contributed by atoms with Crippen molar-refractivity contribution in [1.82, 2.24) is 10.2 Å². The van der Waals surface area contributed by atoms with Crippen LogP contribution in [0.3, 0.4) is 0 Å². The third kappa shape index (κ3) is 3.76. The van der Waals surface area contributed by atoms with Crippen LogP contribution in [0.25, 0.3) is 0 Å². The molecule has 0 bridgehead atoms. The molecule has 0 saturated carbocycles. The Bertz CT molecular complexity index is 225. The summed E-state index contributed by atoms with van der Waals surface area (Å²) in [5.41, 5.74) is 0. The van der Waals surface area contributed by atoms with Gasteiger partial charge in [-0.2, -0.15) is 0 Å². The van der Waals surface area contributed by atoms with Gasteiger partial charge in [-0.05, 0) is 19.3 Å². The van der Waals surface area contributed by atoms with E-state index in [2.05, 4.69) is 26.1 Å². The fourth-order valence-corrected chi connectivity index (χ4v) is 2.03. The van der Waals surface area contributed by atoms with E-state index in [-0.39, 0.29) is 18.0 Å². The Labute approximate surface area is 98.3 Å². The van der Waals surface area contributed by atoms with Gasteiger partial charge in [0.15, 0.2) is 0 Å². The summed E-state index contributed by atoms with van der Waals surface area (Å²) in [6.07, 6.45) is 1.04. The van der Waals surface area contributed by atoms with Gasteiger partial charge in [0.25, 0.3) is 0 Å². The number of nitrogens with zero attached hydrogens (tertiary/aromatic N) is 1. The van der Waals surface area contributed by atoms with Crippen LogP contribution >= 0.6 is 0 Å². The molecule has 2 unspecified atom stereocenters. The fraction of sp³-hybridized carbons (Fsp3) is 0.917. The number of hydrogen-bond acceptors (Lipinski definition) is 3. The zero-order valence-corrected chi connectivity index (χ0v) is 10.8. The van der Waals surface area contributed by atoms with Crippen molar-refractivity contribution in [1.29, 1.82) is 0 Å². The van der Waals surface area contributed by atoms with Crippen LogP contribution in [0.15, 0.2) is 0 Å². The molecule has 1 N–H and O–H groups in total. The van der Waals surface area contributed by atoms with Crippen molar-refractivity contribution in [3.05, 3.63) is 0 Å². The summed E-state index contributed by atoms with van der Waals surface area (Å²) in [6, 6.07) is 0.129.